The van der Waals surface area contributed by atoms with Crippen molar-refractivity contribution in [2.24, 2.45) is 0 Å². The topological polar surface area (TPSA) is 96.0 Å². The molecule has 2 amide bonds. The second-order valence-corrected chi connectivity index (χ2v) is 13.5. The van der Waals surface area contributed by atoms with E-state index in [1.165, 1.54) is 54.5 Å². The normalized spacial score (nSPS) is 11.9. The number of halogens is 3. The van der Waals surface area contributed by atoms with Crippen LogP contribution in [0.2, 0.25) is 10.0 Å². The highest BCUT2D eigenvalue weighted by Crippen LogP contribution is 2.28. The molecule has 0 aliphatic carbocycles. The summed E-state index contributed by atoms with van der Waals surface area (Å²) in [6.45, 7) is 1.59. The minimum absolute atomic E-state index is 0.0621. The van der Waals surface area contributed by atoms with Crippen LogP contribution < -0.4 is 14.4 Å². The van der Waals surface area contributed by atoms with Crippen LogP contribution >= 0.6 is 23.2 Å². The maximum atomic E-state index is 14.5. The fourth-order valence-electron chi connectivity index (χ4n) is 4.90. The molecule has 1 N–H and O–H groups in total. The zero-order valence-corrected chi connectivity index (χ0v) is 28.4. The molecule has 1 atom stereocenters. The number of hydrogen-bond acceptors (Lipinski definition) is 5. The number of rotatable bonds is 15. The maximum Gasteiger partial charge on any atom is 0.264 e. The highest BCUT2D eigenvalue weighted by Gasteiger charge is 2.35. The van der Waals surface area contributed by atoms with Crippen LogP contribution in [0, 0.1) is 5.82 Å². The number of amides is 2. The van der Waals surface area contributed by atoms with Gasteiger partial charge in [0.15, 0.2) is 0 Å². The quantitative estimate of drug-likeness (QED) is 0.136. The van der Waals surface area contributed by atoms with E-state index in [0.717, 1.165) is 34.8 Å². The summed E-state index contributed by atoms with van der Waals surface area (Å²) >= 11 is 12.7. The molecule has 248 valence electrons. The van der Waals surface area contributed by atoms with Gasteiger partial charge >= 0.3 is 0 Å². The third kappa shape index (κ3) is 9.47. The number of carbonyl (C=O) groups is 2. The van der Waals surface area contributed by atoms with Gasteiger partial charge in [-0.15, -0.1) is 0 Å². The summed E-state index contributed by atoms with van der Waals surface area (Å²) < 4.78 is 48.2. The smallest absolute Gasteiger partial charge is 0.264 e. The Balaban J connectivity index is 1.80. The number of sulfonamides is 1. The van der Waals surface area contributed by atoms with E-state index in [2.05, 4.69) is 5.32 Å². The van der Waals surface area contributed by atoms with E-state index in [1.54, 1.807) is 12.1 Å². The molecule has 4 aromatic carbocycles. The van der Waals surface area contributed by atoms with Crippen molar-refractivity contribution >= 4 is 50.7 Å². The molecule has 0 aliphatic heterocycles. The number of nitrogens with zero attached hydrogens (tertiary/aromatic N) is 2. The molecule has 12 heteroatoms. The summed E-state index contributed by atoms with van der Waals surface area (Å²) in [4.78, 5) is 29.5. The number of hydrogen-bond donors (Lipinski definition) is 1. The molecule has 0 saturated carbocycles. The van der Waals surface area contributed by atoms with Gasteiger partial charge < -0.3 is 15.0 Å². The van der Waals surface area contributed by atoms with E-state index in [4.69, 9.17) is 27.9 Å². The van der Waals surface area contributed by atoms with Crippen molar-refractivity contribution in [2.75, 3.05) is 24.5 Å². The Bertz CT molecular complexity index is 1760. The lowest BCUT2D eigenvalue weighted by atomic mass is 10.0. The molecule has 0 spiro atoms. The molecule has 4 aromatic rings. The van der Waals surface area contributed by atoms with Crippen LogP contribution in [0.25, 0.3) is 0 Å². The number of methoxy groups -OCH3 is 1. The van der Waals surface area contributed by atoms with Crippen molar-refractivity contribution in [1.29, 1.82) is 0 Å². The number of nitrogens with one attached hydrogen (secondary N) is 1. The zero-order chi connectivity index (χ0) is 34.0. The van der Waals surface area contributed by atoms with Crippen molar-refractivity contribution in [3.63, 3.8) is 0 Å². The third-order valence-corrected chi connectivity index (χ3v) is 9.87. The molecule has 47 heavy (non-hydrogen) atoms. The molecule has 0 bridgehead atoms. The largest absolute Gasteiger partial charge is 0.497 e. The van der Waals surface area contributed by atoms with Gasteiger partial charge in [0.25, 0.3) is 10.0 Å². The van der Waals surface area contributed by atoms with Crippen LogP contribution in [0.5, 0.6) is 5.75 Å². The number of anilines is 1. The SMILES string of the molecule is CCCCNC(=O)C(Cc1ccccc1)N(Cc1ccc(Cl)cc1Cl)C(=O)CN(c1ccc(F)cc1)S(=O)(=O)c1ccc(OC)cc1. The van der Waals surface area contributed by atoms with E-state index < -0.39 is 40.2 Å². The number of unbranched alkanes of at least 4 members (excludes halogenated alkanes) is 1. The van der Waals surface area contributed by atoms with Gasteiger partial charge in [-0.1, -0.05) is 72.9 Å². The lowest BCUT2D eigenvalue weighted by Crippen LogP contribution is -2.53. The maximum absolute atomic E-state index is 14.5. The predicted molar refractivity (Wildman–Crippen MR) is 183 cm³/mol. The average Bonchev–Trinajstić information content (AvgIpc) is 3.07. The first-order chi connectivity index (χ1) is 22.5. The molecule has 1 unspecified atom stereocenters. The first-order valence-corrected chi connectivity index (χ1v) is 17.2. The Kier molecular flexibility index (Phi) is 12.6. The van der Waals surface area contributed by atoms with Crippen LogP contribution in [-0.2, 0) is 32.6 Å². The Hall–Kier alpha value is -4.12. The van der Waals surface area contributed by atoms with Crippen molar-refractivity contribution in [2.45, 2.75) is 43.7 Å². The Morgan fingerprint density at radius 3 is 2.23 bits per heavy atom. The second-order valence-electron chi connectivity index (χ2n) is 10.8. The Labute approximate surface area is 285 Å². The highest BCUT2D eigenvalue weighted by molar-refractivity contribution is 7.92. The molecular formula is C35H36Cl2FN3O5S. The van der Waals surface area contributed by atoms with Crippen LogP contribution in [-0.4, -0.2) is 51.4 Å². The molecule has 0 aliphatic rings. The van der Waals surface area contributed by atoms with Gasteiger partial charge in [0.1, 0.15) is 24.2 Å². The zero-order valence-electron chi connectivity index (χ0n) is 26.0. The summed E-state index contributed by atoms with van der Waals surface area (Å²) in [6.07, 6.45) is 1.74. The van der Waals surface area contributed by atoms with Gasteiger partial charge in [0, 0.05) is 29.6 Å². The molecule has 0 aromatic heterocycles. The summed E-state index contributed by atoms with van der Waals surface area (Å²) in [6, 6.07) is 23.5. The minimum Gasteiger partial charge on any atom is -0.497 e. The molecule has 4 rings (SSSR count). The van der Waals surface area contributed by atoms with E-state index in [0.29, 0.717) is 22.9 Å². The van der Waals surface area contributed by atoms with Crippen LogP contribution in [0.1, 0.15) is 30.9 Å². The van der Waals surface area contributed by atoms with Crippen LogP contribution in [0.15, 0.2) is 102 Å². The summed E-state index contributed by atoms with van der Waals surface area (Å²) in [5, 5.41) is 3.61. The van der Waals surface area contributed by atoms with Crippen LogP contribution in [0.4, 0.5) is 10.1 Å². The molecule has 0 radical (unpaired) electrons. The first-order valence-electron chi connectivity index (χ1n) is 15.0. The average molecular weight is 701 g/mol. The fraction of sp³-hybridized carbons (Fsp3) is 0.257. The fourth-order valence-corrected chi connectivity index (χ4v) is 6.79. The van der Waals surface area contributed by atoms with Crippen LogP contribution in [0.3, 0.4) is 0 Å². The lowest BCUT2D eigenvalue weighted by molar-refractivity contribution is -0.140. The lowest BCUT2D eigenvalue weighted by Gasteiger charge is -2.34. The number of benzene rings is 4. The van der Waals surface area contributed by atoms with E-state index >= 15 is 0 Å². The summed E-state index contributed by atoms with van der Waals surface area (Å²) in [5.41, 5.74) is 1.37. The van der Waals surface area contributed by atoms with Gasteiger partial charge in [-0.2, -0.15) is 0 Å². The van der Waals surface area contributed by atoms with Gasteiger partial charge in [-0.25, -0.2) is 12.8 Å². The van der Waals surface area contributed by atoms with Gasteiger partial charge in [0.2, 0.25) is 11.8 Å². The summed E-state index contributed by atoms with van der Waals surface area (Å²) in [5.74, 6) is -1.21. The summed E-state index contributed by atoms with van der Waals surface area (Å²) in [7, 11) is -2.91. The predicted octanol–water partition coefficient (Wildman–Crippen LogP) is 6.89. The van der Waals surface area contributed by atoms with Gasteiger partial charge in [-0.3, -0.25) is 13.9 Å². The van der Waals surface area contributed by atoms with E-state index in [9.17, 15) is 22.4 Å². The van der Waals surface area contributed by atoms with Crippen molar-refractivity contribution in [3.05, 3.63) is 124 Å². The van der Waals surface area contributed by atoms with Crippen molar-refractivity contribution in [3.8, 4) is 5.75 Å². The number of carbonyl (C=O) groups excluding carboxylic acids is 2. The molecule has 0 saturated heterocycles. The third-order valence-electron chi connectivity index (χ3n) is 7.50. The molecule has 0 heterocycles. The molecule has 0 fully saturated rings. The monoisotopic (exact) mass is 699 g/mol. The molecular weight excluding hydrogens is 664 g/mol. The Morgan fingerprint density at radius 2 is 1.62 bits per heavy atom. The second kappa shape index (κ2) is 16.6. The van der Waals surface area contributed by atoms with Crippen molar-refractivity contribution in [1.82, 2.24) is 10.2 Å². The first kappa shape index (κ1) is 35.7. The van der Waals surface area contributed by atoms with Gasteiger partial charge in [-0.05, 0) is 78.2 Å². The van der Waals surface area contributed by atoms with Crippen molar-refractivity contribution < 1.29 is 27.1 Å². The van der Waals surface area contributed by atoms with E-state index in [-0.39, 0.29) is 28.6 Å². The standard InChI is InChI=1S/C35H36Cl2FN3O5S/c1-3-4-20-39-35(43)33(21-25-8-6-5-7-9-25)40(23-26-10-11-27(36)22-32(26)37)34(42)24-41(29-14-12-28(38)13-15-29)47(44,45)31-18-16-30(46-2)17-19-31/h5-19,22,33H,3-4,20-21,23-24H2,1-2H3,(H,39,43). The minimum atomic E-state index is -4.37. The highest BCUT2D eigenvalue weighted by atomic mass is 35.5. The van der Waals surface area contributed by atoms with Gasteiger partial charge in [0.05, 0.1) is 17.7 Å². The van der Waals surface area contributed by atoms with E-state index in [1.807, 2.05) is 37.3 Å². The number of ether oxygens (including phenoxy) is 1. The Morgan fingerprint density at radius 1 is 0.936 bits per heavy atom. The molecule has 8 nitrogen and oxygen atoms in total.